The average Bonchev–Trinajstić information content (AvgIpc) is 2.58. The monoisotopic (exact) mass is 199 g/mol. The Bertz CT molecular complexity index is 337. The normalized spacial score (nSPS) is 18.1. The lowest BCUT2D eigenvalue weighted by molar-refractivity contribution is 0.592. The standard InChI is InChI=1S/C14H17N/c15-11-12-7-9-14(10-8-12)13-5-3-1-2-4-6-13/h7-10,13H,1-6H2. The van der Waals surface area contributed by atoms with Gasteiger partial charge in [-0.1, -0.05) is 37.8 Å². The summed E-state index contributed by atoms with van der Waals surface area (Å²) in [5.41, 5.74) is 2.20. The van der Waals surface area contributed by atoms with E-state index in [4.69, 9.17) is 5.26 Å². The maximum Gasteiger partial charge on any atom is 0.0991 e. The van der Waals surface area contributed by atoms with Crippen molar-refractivity contribution in [2.45, 2.75) is 44.4 Å². The maximum absolute atomic E-state index is 8.73. The second kappa shape index (κ2) is 4.98. The van der Waals surface area contributed by atoms with E-state index >= 15 is 0 Å². The van der Waals surface area contributed by atoms with E-state index < -0.39 is 0 Å². The van der Waals surface area contributed by atoms with E-state index in [0.717, 1.165) is 11.5 Å². The second-order valence-corrected chi connectivity index (χ2v) is 4.42. The van der Waals surface area contributed by atoms with Crippen LogP contribution in [0.15, 0.2) is 24.3 Å². The van der Waals surface area contributed by atoms with Gasteiger partial charge in [0.25, 0.3) is 0 Å². The summed E-state index contributed by atoms with van der Waals surface area (Å²) in [4.78, 5) is 0. The molecule has 15 heavy (non-hydrogen) atoms. The highest BCUT2D eigenvalue weighted by molar-refractivity contribution is 5.33. The number of nitrogens with zero attached hydrogens (tertiary/aromatic N) is 1. The second-order valence-electron chi connectivity index (χ2n) is 4.42. The van der Waals surface area contributed by atoms with E-state index in [-0.39, 0.29) is 0 Å². The van der Waals surface area contributed by atoms with Crippen molar-refractivity contribution in [3.05, 3.63) is 35.4 Å². The van der Waals surface area contributed by atoms with Crippen molar-refractivity contribution in [3.8, 4) is 6.07 Å². The Morgan fingerprint density at radius 1 is 0.933 bits per heavy atom. The molecule has 1 aromatic rings. The molecule has 0 amide bonds. The van der Waals surface area contributed by atoms with Gasteiger partial charge in [0, 0.05) is 0 Å². The molecule has 1 aliphatic rings. The summed E-state index contributed by atoms with van der Waals surface area (Å²) >= 11 is 0. The van der Waals surface area contributed by atoms with Crippen LogP contribution in [0.25, 0.3) is 0 Å². The number of benzene rings is 1. The van der Waals surface area contributed by atoms with Crippen LogP contribution in [0.4, 0.5) is 0 Å². The SMILES string of the molecule is N#Cc1ccc(C2CCCCCC2)cc1. The first-order valence-corrected chi connectivity index (χ1v) is 5.90. The van der Waals surface area contributed by atoms with Crippen LogP contribution < -0.4 is 0 Å². The van der Waals surface area contributed by atoms with Crippen molar-refractivity contribution in [1.82, 2.24) is 0 Å². The van der Waals surface area contributed by atoms with Gasteiger partial charge in [0.1, 0.15) is 0 Å². The Kier molecular flexibility index (Phi) is 3.40. The van der Waals surface area contributed by atoms with Crippen molar-refractivity contribution in [2.75, 3.05) is 0 Å². The molecule has 0 unspecified atom stereocenters. The van der Waals surface area contributed by atoms with E-state index in [1.165, 1.54) is 44.1 Å². The van der Waals surface area contributed by atoms with Crippen molar-refractivity contribution < 1.29 is 0 Å². The quantitative estimate of drug-likeness (QED) is 0.627. The van der Waals surface area contributed by atoms with Crippen LogP contribution in [0.2, 0.25) is 0 Å². The van der Waals surface area contributed by atoms with Gasteiger partial charge in [-0.25, -0.2) is 0 Å². The highest BCUT2D eigenvalue weighted by atomic mass is 14.2. The number of hydrogen-bond acceptors (Lipinski definition) is 1. The molecular formula is C14H17N. The fourth-order valence-corrected chi connectivity index (χ4v) is 2.44. The van der Waals surface area contributed by atoms with Gasteiger partial charge in [0.2, 0.25) is 0 Å². The van der Waals surface area contributed by atoms with Gasteiger partial charge >= 0.3 is 0 Å². The Labute approximate surface area is 91.7 Å². The van der Waals surface area contributed by atoms with Crippen molar-refractivity contribution in [3.63, 3.8) is 0 Å². The zero-order valence-electron chi connectivity index (χ0n) is 9.08. The maximum atomic E-state index is 8.73. The van der Waals surface area contributed by atoms with Gasteiger partial charge in [-0.15, -0.1) is 0 Å². The third-order valence-electron chi connectivity index (χ3n) is 3.37. The van der Waals surface area contributed by atoms with Crippen LogP contribution >= 0.6 is 0 Å². The molecule has 1 heteroatoms. The van der Waals surface area contributed by atoms with E-state index in [9.17, 15) is 0 Å². The minimum Gasteiger partial charge on any atom is -0.192 e. The molecule has 1 nitrogen and oxygen atoms in total. The minimum absolute atomic E-state index is 0.736. The Balaban J connectivity index is 2.10. The van der Waals surface area contributed by atoms with Crippen LogP contribution in [0, 0.1) is 11.3 Å². The molecule has 0 atom stereocenters. The van der Waals surface area contributed by atoms with Gasteiger partial charge in [0.05, 0.1) is 11.6 Å². The molecule has 0 saturated heterocycles. The number of rotatable bonds is 1. The number of nitriles is 1. The predicted octanol–water partition coefficient (Wildman–Crippen LogP) is 4.00. The van der Waals surface area contributed by atoms with Crippen molar-refractivity contribution >= 4 is 0 Å². The van der Waals surface area contributed by atoms with Gasteiger partial charge in [0.15, 0.2) is 0 Å². The molecule has 1 aliphatic carbocycles. The molecule has 0 bridgehead atoms. The van der Waals surface area contributed by atoms with Crippen LogP contribution in [-0.2, 0) is 0 Å². The largest absolute Gasteiger partial charge is 0.192 e. The summed E-state index contributed by atoms with van der Waals surface area (Å²) in [5, 5.41) is 8.73. The molecule has 2 rings (SSSR count). The van der Waals surface area contributed by atoms with E-state index in [2.05, 4.69) is 18.2 Å². The Morgan fingerprint density at radius 2 is 1.53 bits per heavy atom. The fourth-order valence-electron chi connectivity index (χ4n) is 2.44. The molecule has 0 aliphatic heterocycles. The molecule has 0 aromatic heterocycles. The van der Waals surface area contributed by atoms with Crippen LogP contribution in [0.5, 0.6) is 0 Å². The molecule has 1 saturated carbocycles. The lowest BCUT2D eigenvalue weighted by Crippen LogP contribution is -1.96. The van der Waals surface area contributed by atoms with E-state index in [1.807, 2.05) is 12.1 Å². The first kappa shape index (κ1) is 10.2. The predicted molar refractivity (Wildman–Crippen MR) is 61.6 cm³/mol. The fraction of sp³-hybridized carbons (Fsp3) is 0.500. The molecule has 0 spiro atoms. The molecule has 0 N–H and O–H groups in total. The molecule has 0 heterocycles. The van der Waals surface area contributed by atoms with Gasteiger partial charge in [-0.3, -0.25) is 0 Å². The van der Waals surface area contributed by atoms with Crippen LogP contribution in [-0.4, -0.2) is 0 Å². The van der Waals surface area contributed by atoms with Gasteiger partial charge in [-0.2, -0.15) is 5.26 Å². The van der Waals surface area contributed by atoms with Gasteiger partial charge < -0.3 is 0 Å². The molecule has 0 radical (unpaired) electrons. The molecule has 1 fully saturated rings. The molecular weight excluding hydrogens is 182 g/mol. The summed E-state index contributed by atoms with van der Waals surface area (Å²) in [6, 6.07) is 10.3. The first-order valence-electron chi connectivity index (χ1n) is 5.90. The summed E-state index contributed by atoms with van der Waals surface area (Å²) in [7, 11) is 0. The highest BCUT2D eigenvalue weighted by Crippen LogP contribution is 2.31. The molecule has 1 aromatic carbocycles. The third kappa shape index (κ3) is 2.59. The first-order chi connectivity index (χ1) is 7.40. The van der Waals surface area contributed by atoms with Crippen molar-refractivity contribution in [1.29, 1.82) is 5.26 Å². The van der Waals surface area contributed by atoms with Crippen LogP contribution in [0.1, 0.15) is 55.6 Å². The van der Waals surface area contributed by atoms with Crippen molar-refractivity contribution in [2.24, 2.45) is 0 Å². The zero-order chi connectivity index (χ0) is 10.5. The Hall–Kier alpha value is -1.29. The smallest absolute Gasteiger partial charge is 0.0991 e. The minimum atomic E-state index is 0.736. The van der Waals surface area contributed by atoms with E-state index in [0.29, 0.717) is 0 Å². The highest BCUT2D eigenvalue weighted by Gasteiger charge is 2.13. The topological polar surface area (TPSA) is 23.8 Å². The van der Waals surface area contributed by atoms with Gasteiger partial charge in [-0.05, 0) is 36.5 Å². The summed E-state index contributed by atoms with van der Waals surface area (Å²) in [5.74, 6) is 0.736. The lowest BCUT2D eigenvalue weighted by Gasteiger charge is -2.13. The summed E-state index contributed by atoms with van der Waals surface area (Å²) in [6.07, 6.45) is 8.17. The summed E-state index contributed by atoms with van der Waals surface area (Å²) < 4.78 is 0. The number of hydrogen-bond donors (Lipinski definition) is 0. The Morgan fingerprint density at radius 3 is 2.07 bits per heavy atom. The third-order valence-corrected chi connectivity index (χ3v) is 3.37. The average molecular weight is 199 g/mol. The summed E-state index contributed by atoms with van der Waals surface area (Å²) in [6.45, 7) is 0. The molecule has 78 valence electrons. The van der Waals surface area contributed by atoms with Crippen LogP contribution in [0.3, 0.4) is 0 Å². The lowest BCUT2D eigenvalue weighted by atomic mass is 9.91. The van der Waals surface area contributed by atoms with E-state index in [1.54, 1.807) is 0 Å². The zero-order valence-corrected chi connectivity index (χ0v) is 9.08.